The maximum Gasteiger partial charge on any atom is 0.105 e. The topological polar surface area (TPSA) is 51.8 Å². The highest BCUT2D eigenvalue weighted by Crippen LogP contribution is 2.30. The Morgan fingerprint density at radius 2 is 2.23 bits per heavy atom. The van der Waals surface area contributed by atoms with E-state index >= 15 is 0 Å². The molecule has 2 rings (SSSR count). The van der Waals surface area contributed by atoms with Crippen LogP contribution in [0.25, 0.3) is 10.6 Å². The molecule has 2 aromatic rings. The summed E-state index contributed by atoms with van der Waals surface area (Å²) in [4.78, 5) is 1.06. The molecule has 0 aliphatic carbocycles. The van der Waals surface area contributed by atoms with E-state index in [-0.39, 0.29) is 0 Å². The normalized spacial score (nSPS) is 10.2. The minimum absolute atomic E-state index is 0.634. The van der Waals surface area contributed by atoms with E-state index in [1.54, 1.807) is 11.3 Å². The molecule has 66 valence electrons. The quantitative estimate of drug-likeness (QED) is 0.853. The van der Waals surface area contributed by atoms with Crippen LogP contribution in [0.2, 0.25) is 0 Å². The monoisotopic (exact) mass is 255 g/mol. The van der Waals surface area contributed by atoms with Gasteiger partial charge in [0.25, 0.3) is 0 Å². The second-order valence-corrected chi connectivity index (χ2v) is 4.94. The van der Waals surface area contributed by atoms with Crippen LogP contribution < -0.4 is 5.73 Å². The number of halogens is 1. The molecule has 0 fully saturated rings. The molecule has 5 heteroatoms. The third-order valence-electron chi connectivity index (χ3n) is 1.50. The fraction of sp³-hybridized carbons (Fsp3) is 0. The molecule has 0 radical (unpaired) electrons. The largest absolute Gasteiger partial charge is 0.397 e. The minimum Gasteiger partial charge on any atom is -0.397 e. The smallest absolute Gasteiger partial charge is 0.105 e. The van der Waals surface area contributed by atoms with Gasteiger partial charge < -0.3 is 5.73 Å². The molecule has 0 aromatic carbocycles. The van der Waals surface area contributed by atoms with E-state index in [1.165, 1.54) is 6.20 Å². The molecule has 0 aliphatic rings. The number of hydrogen-bond acceptors (Lipinski definition) is 4. The maximum atomic E-state index is 5.59. The number of nitrogens with two attached hydrogens (primary N) is 1. The first-order chi connectivity index (χ1) is 6.25. The Morgan fingerprint density at radius 3 is 2.85 bits per heavy atom. The molecule has 0 unspecified atom stereocenters. The van der Waals surface area contributed by atoms with Crippen molar-refractivity contribution in [3.8, 4) is 10.6 Å². The van der Waals surface area contributed by atoms with Gasteiger partial charge in [0.15, 0.2) is 0 Å². The molecule has 3 nitrogen and oxygen atoms in total. The standard InChI is InChI=1S/C8H6BrN3S/c9-8-2-1-7(13-8)6-3-5(10)4-11-12-6/h1-4H,(H2,10,12). The van der Waals surface area contributed by atoms with Gasteiger partial charge in [-0.15, -0.1) is 16.4 Å². The predicted octanol–water partition coefficient (Wildman–Crippen LogP) is 2.55. The highest BCUT2D eigenvalue weighted by Gasteiger charge is 2.03. The van der Waals surface area contributed by atoms with Gasteiger partial charge in [-0.1, -0.05) is 0 Å². The van der Waals surface area contributed by atoms with E-state index in [2.05, 4.69) is 26.1 Å². The lowest BCUT2D eigenvalue weighted by atomic mass is 10.3. The zero-order chi connectivity index (χ0) is 9.26. The van der Waals surface area contributed by atoms with Crippen LogP contribution in [0.5, 0.6) is 0 Å². The SMILES string of the molecule is Nc1cnnc(-c2ccc(Br)s2)c1. The molecule has 0 amide bonds. The fourth-order valence-electron chi connectivity index (χ4n) is 0.954. The van der Waals surface area contributed by atoms with Gasteiger partial charge in [0.05, 0.1) is 20.5 Å². The predicted molar refractivity (Wildman–Crippen MR) is 57.5 cm³/mol. The number of nitrogen functional groups attached to an aromatic ring is 1. The lowest BCUT2D eigenvalue weighted by molar-refractivity contribution is 1.04. The summed E-state index contributed by atoms with van der Waals surface area (Å²) in [6, 6.07) is 5.77. The van der Waals surface area contributed by atoms with Gasteiger partial charge in [0.1, 0.15) is 5.69 Å². The van der Waals surface area contributed by atoms with Crippen molar-refractivity contribution in [2.45, 2.75) is 0 Å². The Bertz CT molecular complexity index is 427. The molecular weight excluding hydrogens is 250 g/mol. The van der Waals surface area contributed by atoms with Crippen molar-refractivity contribution in [2.75, 3.05) is 5.73 Å². The highest BCUT2D eigenvalue weighted by atomic mass is 79.9. The molecule has 0 saturated heterocycles. The van der Waals surface area contributed by atoms with Crippen LogP contribution in [0.3, 0.4) is 0 Å². The molecular formula is C8H6BrN3S. The molecule has 0 saturated carbocycles. The number of aromatic nitrogens is 2. The Balaban J connectivity index is 2.46. The van der Waals surface area contributed by atoms with E-state index < -0.39 is 0 Å². The fourth-order valence-corrected chi connectivity index (χ4v) is 2.30. The molecule has 0 aliphatic heterocycles. The number of nitrogens with zero attached hydrogens (tertiary/aromatic N) is 2. The first kappa shape index (κ1) is 8.65. The van der Waals surface area contributed by atoms with E-state index in [4.69, 9.17) is 5.73 Å². The summed E-state index contributed by atoms with van der Waals surface area (Å²) in [6.45, 7) is 0. The van der Waals surface area contributed by atoms with Gasteiger partial charge >= 0.3 is 0 Å². The van der Waals surface area contributed by atoms with Crippen molar-refractivity contribution < 1.29 is 0 Å². The molecule has 0 atom stereocenters. The third-order valence-corrected chi connectivity index (χ3v) is 3.15. The van der Waals surface area contributed by atoms with Crippen LogP contribution in [-0.2, 0) is 0 Å². The summed E-state index contributed by atoms with van der Waals surface area (Å²) in [5.41, 5.74) is 7.04. The molecule has 2 heterocycles. The second-order valence-electron chi connectivity index (χ2n) is 2.48. The number of anilines is 1. The Kier molecular flexibility index (Phi) is 2.28. The number of thiophene rings is 1. The van der Waals surface area contributed by atoms with Crippen LogP contribution in [0.1, 0.15) is 0 Å². The first-order valence-corrected chi connectivity index (χ1v) is 5.20. The van der Waals surface area contributed by atoms with Crippen molar-refractivity contribution in [1.29, 1.82) is 0 Å². The Hall–Kier alpha value is -0.940. The van der Waals surface area contributed by atoms with Crippen molar-refractivity contribution in [2.24, 2.45) is 0 Å². The van der Waals surface area contributed by atoms with Gasteiger partial charge in [-0.05, 0) is 34.1 Å². The zero-order valence-corrected chi connectivity index (χ0v) is 8.97. The van der Waals surface area contributed by atoms with Crippen LogP contribution >= 0.6 is 27.3 Å². The average molecular weight is 256 g/mol. The van der Waals surface area contributed by atoms with E-state index in [1.807, 2.05) is 18.2 Å². The molecule has 0 spiro atoms. The van der Waals surface area contributed by atoms with Crippen LogP contribution in [-0.4, -0.2) is 10.2 Å². The molecule has 13 heavy (non-hydrogen) atoms. The highest BCUT2D eigenvalue weighted by molar-refractivity contribution is 9.11. The van der Waals surface area contributed by atoms with Gasteiger partial charge in [0.2, 0.25) is 0 Å². The van der Waals surface area contributed by atoms with Gasteiger partial charge in [-0.2, -0.15) is 5.10 Å². The van der Waals surface area contributed by atoms with Crippen LogP contribution in [0, 0.1) is 0 Å². The van der Waals surface area contributed by atoms with Gasteiger partial charge in [-0.3, -0.25) is 0 Å². The first-order valence-electron chi connectivity index (χ1n) is 3.59. The molecule has 2 N–H and O–H groups in total. The summed E-state index contributed by atoms with van der Waals surface area (Å²) in [6.07, 6.45) is 1.53. The number of hydrogen-bond donors (Lipinski definition) is 1. The van der Waals surface area contributed by atoms with Gasteiger partial charge in [-0.25, -0.2) is 0 Å². The Morgan fingerprint density at radius 1 is 1.38 bits per heavy atom. The molecule has 2 aromatic heterocycles. The summed E-state index contributed by atoms with van der Waals surface area (Å²) >= 11 is 5.00. The van der Waals surface area contributed by atoms with Crippen molar-refractivity contribution in [3.63, 3.8) is 0 Å². The van der Waals surface area contributed by atoms with Crippen LogP contribution in [0.4, 0.5) is 5.69 Å². The second kappa shape index (κ2) is 3.43. The summed E-state index contributed by atoms with van der Waals surface area (Å²) in [5, 5.41) is 7.77. The lowest BCUT2D eigenvalue weighted by Crippen LogP contribution is -1.90. The van der Waals surface area contributed by atoms with E-state index in [9.17, 15) is 0 Å². The minimum atomic E-state index is 0.634. The summed E-state index contributed by atoms with van der Waals surface area (Å²) in [5.74, 6) is 0. The lowest BCUT2D eigenvalue weighted by Gasteiger charge is -1.95. The third kappa shape index (κ3) is 1.87. The van der Waals surface area contributed by atoms with E-state index in [0.29, 0.717) is 5.69 Å². The Labute approximate surface area is 87.7 Å². The van der Waals surface area contributed by atoms with Gasteiger partial charge in [0, 0.05) is 0 Å². The van der Waals surface area contributed by atoms with Crippen molar-refractivity contribution >= 4 is 33.0 Å². The molecule has 0 bridgehead atoms. The van der Waals surface area contributed by atoms with E-state index in [0.717, 1.165) is 14.4 Å². The van der Waals surface area contributed by atoms with Crippen molar-refractivity contribution in [1.82, 2.24) is 10.2 Å². The van der Waals surface area contributed by atoms with Crippen molar-refractivity contribution in [3.05, 3.63) is 28.2 Å². The summed E-state index contributed by atoms with van der Waals surface area (Å²) < 4.78 is 1.08. The zero-order valence-electron chi connectivity index (χ0n) is 6.57. The maximum absolute atomic E-state index is 5.59. The average Bonchev–Trinajstić information content (AvgIpc) is 2.52. The van der Waals surface area contributed by atoms with Crippen LogP contribution in [0.15, 0.2) is 28.2 Å². The summed E-state index contributed by atoms with van der Waals surface area (Å²) in [7, 11) is 0. The number of rotatable bonds is 1.